The van der Waals surface area contributed by atoms with Gasteiger partial charge in [-0.3, -0.25) is 13.8 Å². The maximum atomic E-state index is 12.7. The Hall–Kier alpha value is -1.58. The lowest BCUT2D eigenvalue weighted by Gasteiger charge is -2.24. The van der Waals surface area contributed by atoms with E-state index in [1.807, 2.05) is 28.1 Å². The summed E-state index contributed by atoms with van der Waals surface area (Å²) in [7, 11) is 1.61. The molecule has 0 aliphatic rings. The number of carbonyl (C=O) groups is 1. The monoisotopic (exact) mass is 813 g/mol. The number of quaternary nitrogens is 1. The highest BCUT2D eigenvalue weighted by atomic mass is 31.2. The summed E-state index contributed by atoms with van der Waals surface area (Å²) in [5, 5.41) is 9.57. The number of phosphoric acid groups is 1. The number of hydrogen-bond acceptors (Lipinski definition) is 7. The number of carbonyl (C=O) groups excluding carboxylic acids is 1. The second kappa shape index (κ2) is 38.9. The number of phosphoric ester groups is 1. The smallest absolute Gasteiger partial charge is 0.457 e. The Labute approximate surface area is 344 Å². The molecule has 0 spiro atoms. The van der Waals surface area contributed by atoms with Crippen molar-refractivity contribution in [1.82, 2.24) is 0 Å². The van der Waals surface area contributed by atoms with Crippen LogP contribution in [0.5, 0.6) is 0 Å². The summed E-state index contributed by atoms with van der Waals surface area (Å²) in [5.41, 5.74) is 0. The van der Waals surface area contributed by atoms with Gasteiger partial charge < -0.3 is 24.0 Å². The Morgan fingerprint density at radius 3 is 1.61 bits per heavy atom. The van der Waals surface area contributed by atoms with Crippen molar-refractivity contribution < 1.29 is 42.4 Å². The van der Waals surface area contributed by atoms with E-state index in [1.54, 1.807) is 0 Å². The molecule has 0 aromatic heterocycles. The number of aliphatic hydroxyl groups excluding tert-OH is 1. The Morgan fingerprint density at radius 1 is 0.625 bits per heavy atom. The van der Waals surface area contributed by atoms with Crippen molar-refractivity contribution in [2.45, 2.75) is 187 Å². The van der Waals surface area contributed by atoms with Gasteiger partial charge in [0.2, 0.25) is 0 Å². The molecule has 3 atom stereocenters. The molecule has 0 saturated carbocycles. The first-order valence-corrected chi connectivity index (χ1v) is 24.0. The van der Waals surface area contributed by atoms with Crippen molar-refractivity contribution in [1.29, 1.82) is 0 Å². The maximum absolute atomic E-state index is 12.7. The van der Waals surface area contributed by atoms with Gasteiger partial charge in [0, 0.05) is 13.0 Å². The van der Waals surface area contributed by atoms with Gasteiger partial charge in [0.25, 0.3) is 0 Å². The SMILES string of the molecule is CCCCCCCCCCCCCCCCCCOCC(COP(=O)(O)OCC[N+](C)(C)C)OC(=O)CCC/C=C\C/C=C\C/C=C\C/C=C\CCC(O)CC. The van der Waals surface area contributed by atoms with Crippen LogP contribution in [-0.4, -0.2) is 86.8 Å². The highest BCUT2D eigenvalue weighted by Gasteiger charge is 2.26. The first kappa shape index (κ1) is 54.4. The summed E-state index contributed by atoms with van der Waals surface area (Å²) in [6.45, 7) is 5.26. The Kier molecular flexibility index (Phi) is 37.8. The molecule has 0 amide bonds. The van der Waals surface area contributed by atoms with Gasteiger partial charge in [-0.05, 0) is 57.8 Å². The maximum Gasteiger partial charge on any atom is 0.472 e. The van der Waals surface area contributed by atoms with Crippen LogP contribution in [0, 0.1) is 0 Å². The van der Waals surface area contributed by atoms with E-state index in [4.69, 9.17) is 18.5 Å². The average molecular weight is 813 g/mol. The molecule has 0 aromatic carbocycles. The predicted octanol–water partition coefficient (Wildman–Crippen LogP) is 12.1. The molecule has 3 unspecified atom stereocenters. The van der Waals surface area contributed by atoms with E-state index < -0.39 is 13.9 Å². The van der Waals surface area contributed by atoms with Crippen molar-refractivity contribution in [2.24, 2.45) is 0 Å². The molecule has 328 valence electrons. The summed E-state index contributed by atoms with van der Waals surface area (Å²) in [6, 6.07) is 0. The van der Waals surface area contributed by atoms with E-state index in [9.17, 15) is 19.4 Å². The van der Waals surface area contributed by atoms with Crippen LogP contribution in [0.15, 0.2) is 48.6 Å². The first-order chi connectivity index (χ1) is 27.0. The normalized spacial score (nSPS) is 14.8. The van der Waals surface area contributed by atoms with Gasteiger partial charge in [0.05, 0.1) is 40.5 Å². The topological polar surface area (TPSA) is 112 Å². The molecule has 9 nitrogen and oxygen atoms in total. The van der Waals surface area contributed by atoms with Gasteiger partial charge in [0.15, 0.2) is 0 Å². The second-order valence-corrected chi connectivity index (χ2v) is 17.7. The molecule has 56 heavy (non-hydrogen) atoms. The molecule has 0 aliphatic carbocycles. The van der Waals surface area contributed by atoms with E-state index in [-0.39, 0.29) is 38.3 Å². The van der Waals surface area contributed by atoms with E-state index in [0.29, 0.717) is 24.1 Å². The lowest BCUT2D eigenvalue weighted by Crippen LogP contribution is -2.37. The average Bonchev–Trinajstić information content (AvgIpc) is 3.15. The van der Waals surface area contributed by atoms with E-state index >= 15 is 0 Å². The van der Waals surface area contributed by atoms with Gasteiger partial charge in [-0.1, -0.05) is 159 Å². The number of aliphatic hydroxyl groups is 1. The number of nitrogens with zero attached hydrogens (tertiary/aromatic N) is 1. The summed E-state index contributed by atoms with van der Waals surface area (Å²) >= 11 is 0. The number of ether oxygens (including phenoxy) is 2. The van der Waals surface area contributed by atoms with Gasteiger partial charge >= 0.3 is 13.8 Å². The summed E-state index contributed by atoms with van der Waals surface area (Å²) in [4.78, 5) is 22.9. The fourth-order valence-electron chi connectivity index (χ4n) is 5.88. The highest BCUT2D eigenvalue weighted by Crippen LogP contribution is 2.43. The van der Waals surface area contributed by atoms with Crippen molar-refractivity contribution in [3.63, 3.8) is 0 Å². The molecule has 0 aromatic rings. The quantitative estimate of drug-likeness (QED) is 0.0206. The molecule has 0 saturated heterocycles. The number of esters is 1. The van der Waals surface area contributed by atoms with Gasteiger partial charge in [0.1, 0.15) is 19.3 Å². The minimum Gasteiger partial charge on any atom is -0.457 e. The highest BCUT2D eigenvalue weighted by molar-refractivity contribution is 7.47. The summed E-state index contributed by atoms with van der Waals surface area (Å²) in [6.07, 6.45) is 43.8. The van der Waals surface area contributed by atoms with Crippen LogP contribution < -0.4 is 0 Å². The van der Waals surface area contributed by atoms with Crippen molar-refractivity contribution >= 4 is 13.8 Å². The Balaban J connectivity index is 4.33. The predicted molar refractivity (Wildman–Crippen MR) is 235 cm³/mol. The van der Waals surface area contributed by atoms with Crippen LogP contribution in [-0.2, 0) is 27.9 Å². The molecule has 10 heteroatoms. The third-order valence-electron chi connectivity index (χ3n) is 9.56. The van der Waals surface area contributed by atoms with Crippen LogP contribution in [0.1, 0.15) is 174 Å². The molecule has 0 aliphatic heterocycles. The number of hydrogen-bond donors (Lipinski definition) is 2. The van der Waals surface area contributed by atoms with E-state index in [0.717, 1.165) is 57.8 Å². The fourth-order valence-corrected chi connectivity index (χ4v) is 6.62. The van der Waals surface area contributed by atoms with Crippen LogP contribution >= 0.6 is 7.82 Å². The minimum absolute atomic E-state index is 0.0720. The molecule has 0 rings (SSSR count). The first-order valence-electron chi connectivity index (χ1n) is 22.5. The van der Waals surface area contributed by atoms with Crippen LogP contribution in [0.3, 0.4) is 0 Å². The van der Waals surface area contributed by atoms with E-state index in [1.165, 1.54) is 89.9 Å². The third-order valence-corrected chi connectivity index (χ3v) is 10.5. The van der Waals surface area contributed by atoms with Crippen LogP contribution in [0.2, 0.25) is 0 Å². The number of likely N-dealkylation sites (N-methyl/N-ethyl adjacent to an activating group) is 1. The lowest BCUT2D eigenvalue weighted by atomic mass is 10.0. The number of rotatable bonds is 41. The molecule has 0 radical (unpaired) electrons. The molecule has 0 heterocycles. The Morgan fingerprint density at radius 2 is 1.11 bits per heavy atom. The zero-order chi connectivity index (χ0) is 41.4. The number of unbranched alkanes of at least 4 members (excludes halogenated alkanes) is 16. The van der Waals surface area contributed by atoms with Crippen LogP contribution in [0.25, 0.3) is 0 Å². The van der Waals surface area contributed by atoms with Crippen molar-refractivity contribution in [3.8, 4) is 0 Å². The van der Waals surface area contributed by atoms with Crippen molar-refractivity contribution in [3.05, 3.63) is 48.6 Å². The molecular weight excluding hydrogens is 725 g/mol. The van der Waals surface area contributed by atoms with Gasteiger partial charge in [-0.2, -0.15) is 0 Å². The molecule has 2 N–H and O–H groups in total. The zero-order valence-electron chi connectivity index (χ0n) is 36.7. The molecule has 0 bridgehead atoms. The summed E-state index contributed by atoms with van der Waals surface area (Å²) in [5.74, 6) is -0.378. The zero-order valence-corrected chi connectivity index (χ0v) is 37.6. The minimum atomic E-state index is -4.30. The van der Waals surface area contributed by atoms with Crippen molar-refractivity contribution in [2.75, 3.05) is 54.1 Å². The molecule has 0 fully saturated rings. The fraction of sp³-hybridized carbons (Fsp3) is 0.804. The summed E-state index contributed by atoms with van der Waals surface area (Å²) < 4.78 is 34.9. The van der Waals surface area contributed by atoms with Gasteiger partial charge in [-0.25, -0.2) is 4.57 Å². The standard InChI is InChI=1S/C46H86NO8P/c1-6-8-9-10-11-12-13-14-15-18-21-24-27-30-33-36-40-52-42-45(43-54-56(50,51)53-41-39-47(3,4)5)55-46(49)38-35-32-29-26-23-20-17-16-19-22-25-28-31-34-37-44(48)7-2/h17,19-20,22,26,28-29,31,44-45,48H,6-16,18,21,23-25,27,30,32-43H2,1-5H3/p+1/b20-17-,22-19-,29-26-,31-28-. The third kappa shape index (κ3) is 42.0. The Bertz CT molecular complexity index is 1050. The largest absolute Gasteiger partial charge is 0.472 e. The van der Waals surface area contributed by atoms with E-state index in [2.05, 4.69) is 55.5 Å². The lowest BCUT2D eigenvalue weighted by molar-refractivity contribution is -0.870. The number of allylic oxidation sites excluding steroid dienone is 8. The molecular formula is C46H87NO8P+. The second-order valence-electron chi connectivity index (χ2n) is 16.2. The van der Waals surface area contributed by atoms with Gasteiger partial charge in [-0.15, -0.1) is 0 Å². The van der Waals surface area contributed by atoms with Crippen LogP contribution in [0.4, 0.5) is 0 Å².